The Kier molecular flexibility index (Phi) is 7.03. The summed E-state index contributed by atoms with van der Waals surface area (Å²) in [6.45, 7) is 2.74. The first-order valence-corrected chi connectivity index (χ1v) is 7.10. The zero-order chi connectivity index (χ0) is 14.3. The van der Waals surface area contributed by atoms with Crippen LogP contribution in [-0.2, 0) is 11.2 Å². The predicted octanol–water partition coefficient (Wildman–Crippen LogP) is 3.75. The monoisotopic (exact) mass is 285 g/mol. The molecule has 0 saturated carbocycles. The molecule has 1 rings (SSSR count). The molecule has 0 aliphatic heterocycles. The van der Waals surface area contributed by atoms with Gasteiger partial charge in [0.25, 0.3) is 0 Å². The molecule has 0 fully saturated rings. The van der Waals surface area contributed by atoms with Gasteiger partial charge in [0.15, 0.2) is 0 Å². The molecule has 19 heavy (non-hydrogen) atoms. The van der Waals surface area contributed by atoms with Crippen molar-refractivity contribution in [3.63, 3.8) is 0 Å². The molecule has 0 spiro atoms. The Morgan fingerprint density at radius 1 is 1.42 bits per heavy atom. The number of hydrogen-bond acceptors (Lipinski definition) is 2. The molecule has 0 aliphatic rings. The van der Waals surface area contributed by atoms with Gasteiger partial charge in [-0.1, -0.05) is 31.0 Å². The van der Waals surface area contributed by atoms with Crippen LogP contribution in [0.15, 0.2) is 18.2 Å². The predicted molar refractivity (Wildman–Crippen MR) is 76.8 cm³/mol. The average Bonchev–Trinajstić information content (AvgIpc) is 2.39. The highest BCUT2D eigenvalue weighted by atomic mass is 35.5. The van der Waals surface area contributed by atoms with E-state index in [9.17, 15) is 9.18 Å². The Labute approximate surface area is 119 Å². The van der Waals surface area contributed by atoms with Gasteiger partial charge in [0.2, 0.25) is 0 Å². The van der Waals surface area contributed by atoms with E-state index >= 15 is 0 Å². The highest BCUT2D eigenvalue weighted by Gasteiger charge is 2.13. The third-order valence-electron chi connectivity index (χ3n) is 3.42. The first-order chi connectivity index (χ1) is 9.08. The number of hydrogen-bond donors (Lipinski definition) is 1. The topological polar surface area (TPSA) is 43.1 Å². The molecule has 1 aromatic rings. The van der Waals surface area contributed by atoms with E-state index in [-0.39, 0.29) is 12.2 Å². The fourth-order valence-corrected chi connectivity index (χ4v) is 2.37. The summed E-state index contributed by atoms with van der Waals surface area (Å²) in [7, 11) is 0. The number of rotatable bonds is 8. The number of benzene rings is 1. The van der Waals surface area contributed by atoms with Gasteiger partial charge in [-0.3, -0.25) is 4.79 Å². The third kappa shape index (κ3) is 5.29. The van der Waals surface area contributed by atoms with Crippen molar-refractivity contribution in [2.45, 2.75) is 39.0 Å². The summed E-state index contributed by atoms with van der Waals surface area (Å²) in [6.07, 6.45) is 3.31. The normalized spacial score (nSPS) is 12.4. The molecule has 0 saturated heterocycles. The van der Waals surface area contributed by atoms with Crippen LogP contribution >= 0.6 is 11.6 Å². The molecule has 0 amide bonds. The standard InChI is InChI=1S/C15H21ClFNO/c1-2-11(8-9-18)6-7-12(19)10-13-14(16)4-3-5-15(13)17/h3-5,11H,2,6-10,18H2,1H3. The van der Waals surface area contributed by atoms with Crippen molar-refractivity contribution in [2.75, 3.05) is 6.54 Å². The van der Waals surface area contributed by atoms with Crippen LogP contribution in [0.2, 0.25) is 5.02 Å². The van der Waals surface area contributed by atoms with Crippen LogP contribution in [0.1, 0.15) is 38.2 Å². The van der Waals surface area contributed by atoms with Crippen molar-refractivity contribution in [3.8, 4) is 0 Å². The maximum absolute atomic E-state index is 13.5. The van der Waals surface area contributed by atoms with E-state index in [0.717, 1.165) is 19.3 Å². The average molecular weight is 286 g/mol. The van der Waals surface area contributed by atoms with Gasteiger partial charge in [-0.25, -0.2) is 4.39 Å². The van der Waals surface area contributed by atoms with Gasteiger partial charge in [-0.15, -0.1) is 0 Å². The van der Waals surface area contributed by atoms with Crippen molar-refractivity contribution in [1.82, 2.24) is 0 Å². The van der Waals surface area contributed by atoms with Crippen molar-refractivity contribution in [1.29, 1.82) is 0 Å². The van der Waals surface area contributed by atoms with Crippen LogP contribution in [0.5, 0.6) is 0 Å². The highest BCUT2D eigenvalue weighted by Crippen LogP contribution is 2.21. The molecule has 106 valence electrons. The molecule has 0 heterocycles. The van der Waals surface area contributed by atoms with Gasteiger partial charge in [0, 0.05) is 23.4 Å². The fourth-order valence-electron chi connectivity index (χ4n) is 2.14. The van der Waals surface area contributed by atoms with Gasteiger partial charge in [0.05, 0.1) is 0 Å². The Bertz CT molecular complexity index is 402. The van der Waals surface area contributed by atoms with Crippen LogP contribution in [0, 0.1) is 11.7 Å². The summed E-state index contributed by atoms with van der Waals surface area (Å²) in [6, 6.07) is 4.48. The van der Waals surface area contributed by atoms with E-state index in [1.165, 1.54) is 6.07 Å². The number of carbonyl (C=O) groups excluding carboxylic acids is 1. The minimum Gasteiger partial charge on any atom is -0.330 e. The molecule has 0 aliphatic carbocycles. The zero-order valence-electron chi connectivity index (χ0n) is 11.3. The Morgan fingerprint density at radius 2 is 2.16 bits per heavy atom. The summed E-state index contributed by atoms with van der Waals surface area (Å²) in [5, 5.41) is 0.322. The lowest BCUT2D eigenvalue weighted by Crippen LogP contribution is -2.11. The maximum Gasteiger partial charge on any atom is 0.137 e. The lowest BCUT2D eigenvalue weighted by molar-refractivity contribution is -0.118. The summed E-state index contributed by atoms with van der Waals surface area (Å²) in [5.74, 6) is 0.0994. The molecule has 4 heteroatoms. The maximum atomic E-state index is 13.5. The third-order valence-corrected chi connectivity index (χ3v) is 3.77. The highest BCUT2D eigenvalue weighted by molar-refractivity contribution is 6.31. The summed E-state index contributed by atoms with van der Waals surface area (Å²) in [5.41, 5.74) is 5.83. The van der Waals surface area contributed by atoms with E-state index in [4.69, 9.17) is 17.3 Å². The summed E-state index contributed by atoms with van der Waals surface area (Å²) < 4.78 is 13.5. The number of Topliss-reactive ketones (excluding diaryl/α,β-unsaturated/α-hetero) is 1. The van der Waals surface area contributed by atoms with Crippen molar-refractivity contribution in [2.24, 2.45) is 11.7 Å². The quantitative estimate of drug-likeness (QED) is 0.790. The second-order valence-corrected chi connectivity index (χ2v) is 5.21. The van der Waals surface area contributed by atoms with Crippen LogP contribution in [0.4, 0.5) is 4.39 Å². The SMILES string of the molecule is CCC(CCN)CCC(=O)Cc1c(F)cccc1Cl. The second kappa shape index (κ2) is 8.28. The van der Waals surface area contributed by atoms with E-state index in [1.807, 2.05) is 0 Å². The first kappa shape index (κ1) is 16.1. The van der Waals surface area contributed by atoms with Gasteiger partial charge >= 0.3 is 0 Å². The van der Waals surface area contributed by atoms with Crippen LogP contribution in [0.25, 0.3) is 0 Å². The number of carbonyl (C=O) groups is 1. The minimum absolute atomic E-state index is 0.0301. The lowest BCUT2D eigenvalue weighted by Gasteiger charge is -2.13. The fraction of sp³-hybridized carbons (Fsp3) is 0.533. The number of halogens is 2. The van der Waals surface area contributed by atoms with E-state index in [2.05, 4.69) is 6.92 Å². The van der Waals surface area contributed by atoms with E-state index in [0.29, 0.717) is 29.5 Å². The molecule has 0 bridgehead atoms. The van der Waals surface area contributed by atoms with Gasteiger partial charge in [-0.2, -0.15) is 0 Å². The molecule has 0 aromatic heterocycles. The molecule has 2 nitrogen and oxygen atoms in total. The molecular weight excluding hydrogens is 265 g/mol. The van der Waals surface area contributed by atoms with Gasteiger partial charge in [0.1, 0.15) is 11.6 Å². The van der Waals surface area contributed by atoms with E-state index in [1.54, 1.807) is 12.1 Å². The van der Waals surface area contributed by atoms with E-state index < -0.39 is 5.82 Å². The first-order valence-electron chi connectivity index (χ1n) is 6.73. The van der Waals surface area contributed by atoms with Gasteiger partial charge in [-0.05, 0) is 37.4 Å². The van der Waals surface area contributed by atoms with Crippen molar-refractivity contribution < 1.29 is 9.18 Å². The smallest absolute Gasteiger partial charge is 0.137 e. The Hall–Kier alpha value is -0.930. The van der Waals surface area contributed by atoms with Crippen LogP contribution in [-0.4, -0.2) is 12.3 Å². The lowest BCUT2D eigenvalue weighted by atomic mass is 9.94. The molecule has 2 N–H and O–H groups in total. The summed E-state index contributed by atoms with van der Waals surface area (Å²) in [4.78, 5) is 11.9. The van der Waals surface area contributed by atoms with Crippen LogP contribution in [0.3, 0.4) is 0 Å². The molecule has 0 radical (unpaired) electrons. The molecule has 1 atom stereocenters. The molecule has 1 aromatic carbocycles. The number of ketones is 1. The molecule has 1 unspecified atom stereocenters. The second-order valence-electron chi connectivity index (χ2n) is 4.81. The van der Waals surface area contributed by atoms with Crippen molar-refractivity contribution >= 4 is 17.4 Å². The van der Waals surface area contributed by atoms with Gasteiger partial charge < -0.3 is 5.73 Å². The summed E-state index contributed by atoms with van der Waals surface area (Å²) >= 11 is 5.90. The number of nitrogens with two attached hydrogens (primary N) is 1. The minimum atomic E-state index is -0.408. The van der Waals surface area contributed by atoms with Crippen molar-refractivity contribution in [3.05, 3.63) is 34.6 Å². The molecular formula is C15H21ClFNO. The largest absolute Gasteiger partial charge is 0.330 e. The Balaban J connectivity index is 2.51. The zero-order valence-corrected chi connectivity index (χ0v) is 12.0. The van der Waals surface area contributed by atoms with Crippen LogP contribution < -0.4 is 5.73 Å². The Morgan fingerprint density at radius 3 is 2.74 bits per heavy atom.